The minimum atomic E-state index is -0.199. The van der Waals surface area contributed by atoms with Crippen LogP contribution in [0.3, 0.4) is 0 Å². The minimum Gasteiger partial charge on any atom is -0.379 e. The lowest BCUT2D eigenvalue weighted by Crippen LogP contribution is -2.49. The van der Waals surface area contributed by atoms with E-state index in [-0.39, 0.29) is 9.45 Å². The molecule has 2 aliphatic rings. The van der Waals surface area contributed by atoms with Gasteiger partial charge >= 0.3 is 0 Å². The monoisotopic (exact) mass is 421 g/mol. The molecule has 1 N–H and O–H groups in total. The van der Waals surface area contributed by atoms with E-state index in [9.17, 15) is 4.79 Å². The van der Waals surface area contributed by atoms with Crippen LogP contribution in [0.15, 0.2) is 12.2 Å². The largest absolute Gasteiger partial charge is 0.379 e. The number of nitrogens with one attached hydrogen (secondary N) is 1. The highest BCUT2D eigenvalue weighted by Gasteiger charge is 2.25. The third-order valence-electron chi connectivity index (χ3n) is 4.17. The second kappa shape index (κ2) is 8.61. The molecule has 0 radical (unpaired) electrons. The number of likely N-dealkylation sites (tertiary alicyclic amines) is 1. The van der Waals surface area contributed by atoms with Crippen molar-refractivity contribution in [3.63, 3.8) is 0 Å². The van der Waals surface area contributed by atoms with Crippen molar-refractivity contribution in [2.24, 2.45) is 0 Å². The van der Waals surface area contributed by atoms with Gasteiger partial charge in [0.2, 0.25) is 5.91 Å². The number of morpholine rings is 1. The van der Waals surface area contributed by atoms with Crippen LogP contribution in [-0.4, -0.2) is 71.2 Å². The van der Waals surface area contributed by atoms with Crippen LogP contribution in [0.5, 0.6) is 0 Å². The Morgan fingerprint density at radius 1 is 1.27 bits per heavy atom. The lowest BCUT2D eigenvalue weighted by atomic mass is 10.0. The van der Waals surface area contributed by atoms with Crippen LogP contribution in [-0.2, 0) is 9.53 Å². The van der Waals surface area contributed by atoms with Crippen LogP contribution in [0.4, 0.5) is 0 Å². The molecule has 0 atom stereocenters. The number of piperidine rings is 1. The predicted octanol–water partition coefficient (Wildman–Crippen LogP) is 1.63. The number of hydrogen-bond acceptors (Lipinski definition) is 4. The predicted molar refractivity (Wildman–Crippen MR) is 97.2 cm³/mol. The van der Waals surface area contributed by atoms with E-state index < -0.39 is 0 Å². The molecular formula is C16H28IN3O2. The first-order valence-corrected chi connectivity index (χ1v) is 9.24. The smallest absolute Gasteiger partial charge is 0.244 e. The van der Waals surface area contributed by atoms with Gasteiger partial charge in [-0.3, -0.25) is 14.6 Å². The van der Waals surface area contributed by atoms with Crippen LogP contribution in [0.25, 0.3) is 0 Å². The van der Waals surface area contributed by atoms with Crippen molar-refractivity contribution >= 4 is 28.5 Å². The Kier molecular flexibility index (Phi) is 7.11. The summed E-state index contributed by atoms with van der Waals surface area (Å²) in [5.41, 5.74) is 0. The fourth-order valence-corrected chi connectivity index (χ4v) is 3.32. The van der Waals surface area contributed by atoms with E-state index in [1.807, 2.05) is 19.9 Å². The van der Waals surface area contributed by atoms with Crippen LogP contribution in [0, 0.1) is 0 Å². The maximum absolute atomic E-state index is 11.7. The Morgan fingerprint density at radius 2 is 1.91 bits per heavy atom. The van der Waals surface area contributed by atoms with Gasteiger partial charge in [-0.05, 0) is 39.8 Å². The summed E-state index contributed by atoms with van der Waals surface area (Å²) in [7, 11) is 0. The van der Waals surface area contributed by atoms with Crippen LogP contribution in [0.1, 0.15) is 26.7 Å². The molecule has 0 bridgehead atoms. The second-order valence-electron chi connectivity index (χ2n) is 6.54. The molecule has 2 saturated heterocycles. The summed E-state index contributed by atoms with van der Waals surface area (Å²) >= 11 is 2.22. The van der Waals surface area contributed by atoms with Crippen molar-refractivity contribution in [1.29, 1.82) is 0 Å². The molecule has 2 heterocycles. The van der Waals surface area contributed by atoms with Gasteiger partial charge in [0.25, 0.3) is 0 Å². The summed E-state index contributed by atoms with van der Waals surface area (Å²) in [5.74, 6) is -0.0115. The molecule has 6 heteroatoms. The van der Waals surface area contributed by atoms with Crippen LogP contribution in [0.2, 0.25) is 0 Å². The Labute approximate surface area is 147 Å². The summed E-state index contributed by atoms with van der Waals surface area (Å²) in [5, 5.41) is 2.93. The second-order valence-corrected chi connectivity index (χ2v) is 9.24. The molecule has 0 saturated carbocycles. The summed E-state index contributed by atoms with van der Waals surface area (Å²) < 4.78 is 5.22. The Balaban J connectivity index is 1.65. The molecule has 0 aromatic carbocycles. The molecule has 2 aliphatic heterocycles. The van der Waals surface area contributed by atoms with Gasteiger partial charge in [0.1, 0.15) is 0 Å². The molecule has 126 valence electrons. The normalized spacial score (nSPS) is 23.0. The van der Waals surface area contributed by atoms with Gasteiger partial charge in [-0.15, -0.1) is 0 Å². The molecule has 2 rings (SSSR count). The molecule has 0 spiro atoms. The van der Waals surface area contributed by atoms with Gasteiger partial charge in [-0.2, -0.15) is 0 Å². The van der Waals surface area contributed by atoms with Crippen molar-refractivity contribution in [3.05, 3.63) is 12.2 Å². The maximum Gasteiger partial charge on any atom is 0.244 e. The fraction of sp³-hybridized carbons (Fsp3) is 0.812. The lowest BCUT2D eigenvalue weighted by molar-refractivity contribution is -0.117. The topological polar surface area (TPSA) is 44.8 Å². The number of carbonyl (C=O) groups is 1. The minimum absolute atomic E-state index is 0.0115. The molecular weight excluding hydrogens is 393 g/mol. The van der Waals surface area contributed by atoms with Crippen molar-refractivity contribution in [3.8, 4) is 0 Å². The van der Waals surface area contributed by atoms with Crippen molar-refractivity contribution in [2.75, 3.05) is 45.9 Å². The van der Waals surface area contributed by atoms with Gasteiger partial charge < -0.3 is 10.1 Å². The number of ether oxygens (including phenoxy) is 1. The van der Waals surface area contributed by atoms with Gasteiger partial charge in [-0.1, -0.05) is 28.7 Å². The third-order valence-corrected chi connectivity index (χ3v) is 4.44. The first-order valence-electron chi connectivity index (χ1n) is 8.16. The SMILES string of the molecule is CC(C)(I)NC(=O)/C=C/CN1CCC(N2CCOCC2)CC1. The number of halogens is 1. The molecule has 2 fully saturated rings. The zero-order valence-corrected chi connectivity index (χ0v) is 15.8. The number of hydrogen-bond donors (Lipinski definition) is 1. The van der Waals surface area contributed by atoms with E-state index in [4.69, 9.17) is 4.74 Å². The first kappa shape index (κ1) is 18.2. The van der Waals surface area contributed by atoms with Gasteiger partial charge in [0.15, 0.2) is 0 Å². The summed E-state index contributed by atoms with van der Waals surface area (Å²) in [4.78, 5) is 16.7. The summed E-state index contributed by atoms with van der Waals surface area (Å²) in [6.07, 6.45) is 6.09. The standard InChI is InChI=1S/C16H28IN3O2/c1-16(2,17)18-15(21)4-3-7-19-8-5-14(6-9-19)20-10-12-22-13-11-20/h3-4,14H,5-13H2,1-2H3,(H,18,21)/b4-3+. The van der Waals surface area contributed by atoms with Crippen LogP contribution >= 0.6 is 22.6 Å². The quantitative estimate of drug-likeness (QED) is 0.317. The average Bonchev–Trinajstić information content (AvgIpc) is 2.47. The average molecular weight is 421 g/mol. The van der Waals surface area contributed by atoms with E-state index in [2.05, 4.69) is 37.7 Å². The molecule has 0 aromatic heterocycles. The molecule has 0 aromatic rings. The van der Waals surface area contributed by atoms with E-state index in [1.54, 1.807) is 6.08 Å². The highest BCUT2D eigenvalue weighted by Crippen LogP contribution is 2.17. The van der Waals surface area contributed by atoms with Crippen LogP contribution < -0.4 is 5.32 Å². The Bertz CT molecular complexity index is 381. The number of carbonyl (C=O) groups excluding carboxylic acids is 1. The maximum atomic E-state index is 11.7. The molecule has 5 nitrogen and oxygen atoms in total. The van der Waals surface area contributed by atoms with E-state index in [0.29, 0.717) is 6.04 Å². The van der Waals surface area contributed by atoms with E-state index in [0.717, 1.165) is 45.9 Å². The number of nitrogens with zero attached hydrogens (tertiary/aromatic N) is 2. The molecule has 0 aliphatic carbocycles. The molecule has 1 amide bonds. The van der Waals surface area contributed by atoms with Gasteiger partial charge in [0.05, 0.1) is 16.8 Å². The zero-order chi connectivity index (χ0) is 16.0. The Hall–Kier alpha value is -0.180. The van der Waals surface area contributed by atoms with Gasteiger partial charge in [0, 0.05) is 31.8 Å². The first-order chi connectivity index (χ1) is 10.4. The molecule has 22 heavy (non-hydrogen) atoms. The third kappa shape index (κ3) is 6.52. The van der Waals surface area contributed by atoms with E-state index >= 15 is 0 Å². The highest BCUT2D eigenvalue weighted by molar-refractivity contribution is 14.1. The number of rotatable bonds is 5. The van der Waals surface area contributed by atoms with Crippen molar-refractivity contribution in [2.45, 2.75) is 36.3 Å². The lowest BCUT2D eigenvalue weighted by Gasteiger charge is -2.39. The highest BCUT2D eigenvalue weighted by atomic mass is 127. The summed E-state index contributed by atoms with van der Waals surface area (Å²) in [6.45, 7) is 11.0. The number of alkyl halides is 1. The van der Waals surface area contributed by atoms with Crippen molar-refractivity contribution < 1.29 is 9.53 Å². The van der Waals surface area contributed by atoms with Crippen molar-refractivity contribution in [1.82, 2.24) is 15.1 Å². The fourth-order valence-electron chi connectivity index (χ4n) is 3.05. The Morgan fingerprint density at radius 3 is 2.50 bits per heavy atom. The van der Waals surface area contributed by atoms with Gasteiger partial charge in [-0.25, -0.2) is 0 Å². The molecule has 0 unspecified atom stereocenters. The zero-order valence-electron chi connectivity index (χ0n) is 13.7. The summed E-state index contributed by atoms with van der Waals surface area (Å²) in [6, 6.07) is 0.715. The van der Waals surface area contributed by atoms with E-state index in [1.165, 1.54) is 12.8 Å². The number of amides is 1.